The van der Waals surface area contributed by atoms with Crippen molar-refractivity contribution in [2.45, 2.75) is 18.9 Å². The lowest BCUT2D eigenvalue weighted by Crippen LogP contribution is -2.18. The van der Waals surface area contributed by atoms with E-state index in [0.29, 0.717) is 0 Å². The third-order valence-corrected chi connectivity index (χ3v) is 2.55. The molecule has 2 rings (SSSR count). The fourth-order valence-corrected chi connectivity index (χ4v) is 1.81. The number of hydroxylamine groups is 2. The smallest absolute Gasteiger partial charge is 0.0600 e. The van der Waals surface area contributed by atoms with Crippen LogP contribution in [0, 0.1) is 0 Å². The highest BCUT2D eigenvalue weighted by Crippen LogP contribution is 2.30. The standard InChI is InChI=1S/C10H14N2O/c11-9-5-3-8(4-6-9)10-2-1-7-12(10)13/h3-6,10,13H,1-2,7,11H2. The maximum atomic E-state index is 9.51. The van der Waals surface area contributed by atoms with E-state index in [1.54, 1.807) is 0 Å². The molecule has 0 bridgehead atoms. The number of hydrogen-bond donors (Lipinski definition) is 2. The highest BCUT2D eigenvalue weighted by molar-refractivity contribution is 5.40. The van der Waals surface area contributed by atoms with Crippen LogP contribution in [0.15, 0.2) is 24.3 Å². The number of nitrogen functional groups attached to an aromatic ring is 1. The maximum Gasteiger partial charge on any atom is 0.0600 e. The Balaban J connectivity index is 2.20. The zero-order chi connectivity index (χ0) is 9.26. The summed E-state index contributed by atoms with van der Waals surface area (Å²) in [5.41, 5.74) is 7.50. The van der Waals surface area contributed by atoms with Gasteiger partial charge in [0.15, 0.2) is 0 Å². The zero-order valence-electron chi connectivity index (χ0n) is 7.48. The van der Waals surface area contributed by atoms with Crippen LogP contribution in [0.25, 0.3) is 0 Å². The molecule has 0 saturated carbocycles. The molecular weight excluding hydrogens is 164 g/mol. The van der Waals surface area contributed by atoms with E-state index in [4.69, 9.17) is 5.73 Å². The first-order valence-corrected chi connectivity index (χ1v) is 4.58. The zero-order valence-corrected chi connectivity index (χ0v) is 7.48. The lowest BCUT2D eigenvalue weighted by Gasteiger charge is -2.17. The van der Waals surface area contributed by atoms with Crippen LogP contribution < -0.4 is 5.73 Å². The van der Waals surface area contributed by atoms with Crippen molar-refractivity contribution in [3.8, 4) is 0 Å². The van der Waals surface area contributed by atoms with Crippen LogP contribution >= 0.6 is 0 Å². The van der Waals surface area contributed by atoms with Gasteiger partial charge in [0.25, 0.3) is 0 Å². The third-order valence-electron chi connectivity index (χ3n) is 2.55. The summed E-state index contributed by atoms with van der Waals surface area (Å²) in [6, 6.07) is 7.88. The average molecular weight is 178 g/mol. The molecule has 0 aliphatic carbocycles. The molecule has 0 spiro atoms. The van der Waals surface area contributed by atoms with Gasteiger partial charge in [-0.15, -0.1) is 0 Å². The number of hydrogen-bond acceptors (Lipinski definition) is 3. The fraction of sp³-hybridized carbons (Fsp3) is 0.400. The Bertz CT molecular complexity index is 283. The summed E-state index contributed by atoms with van der Waals surface area (Å²) in [4.78, 5) is 0. The second kappa shape index (κ2) is 3.36. The van der Waals surface area contributed by atoms with Gasteiger partial charge in [-0.1, -0.05) is 12.1 Å². The third kappa shape index (κ3) is 1.66. The van der Waals surface area contributed by atoms with Crippen LogP contribution in [0.1, 0.15) is 24.4 Å². The van der Waals surface area contributed by atoms with Crippen LogP contribution in [-0.4, -0.2) is 16.8 Å². The molecular formula is C10H14N2O. The lowest BCUT2D eigenvalue weighted by molar-refractivity contribution is -0.104. The first-order chi connectivity index (χ1) is 6.27. The molecule has 70 valence electrons. The van der Waals surface area contributed by atoms with Gasteiger partial charge in [-0.05, 0) is 30.5 Å². The molecule has 3 nitrogen and oxygen atoms in total. The molecule has 1 aliphatic heterocycles. The average Bonchev–Trinajstić information content (AvgIpc) is 2.53. The van der Waals surface area contributed by atoms with Crippen LogP contribution in [-0.2, 0) is 0 Å². The number of rotatable bonds is 1. The predicted molar refractivity (Wildman–Crippen MR) is 51.3 cm³/mol. The summed E-state index contributed by atoms with van der Waals surface area (Å²) in [6.45, 7) is 0.773. The van der Waals surface area contributed by atoms with E-state index >= 15 is 0 Å². The minimum atomic E-state index is 0.167. The topological polar surface area (TPSA) is 49.5 Å². The molecule has 13 heavy (non-hydrogen) atoms. The van der Waals surface area contributed by atoms with Crippen LogP contribution in [0.4, 0.5) is 5.69 Å². The number of benzene rings is 1. The van der Waals surface area contributed by atoms with Gasteiger partial charge in [0.1, 0.15) is 0 Å². The number of nitrogens with zero attached hydrogens (tertiary/aromatic N) is 1. The minimum absolute atomic E-state index is 0.167. The van der Waals surface area contributed by atoms with Gasteiger partial charge < -0.3 is 10.9 Å². The van der Waals surface area contributed by atoms with E-state index < -0.39 is 0 Å². The first-order valence-electron chi connectivity index (χ1n) is 4.58. The second-order valence-corrected chi connectivity index (χ2v) is 3.49. The Kier molecular flexibility index (Phi) is 2.20. The van der Waals surface area contributed by atoms with Crippen molar-refractivity contribution >= 4 is 5.69 Å². The summed E-state index contributed by atoms with van der Waals surface area (Å²) in [5, 5.41) is 10.9. The van der Waals surface area contributed by atoms with Crippen molar-refractivity contribution in [1.82, 2.24) is 5.06 Å². The SMILES string of the molecule is Nc1ccc(C2CCCN2O)cc1. The van der Waals surface area contributed by atoms with E-state index in [2.05, 4.69) is 0 Å². The predicted octanol–water partition coefficient (Wildman–Crippen LogP) is 1.79. The monoisotopic (exact) mass is 178 g/mol. The van der Waals surface area contributed by atoms with Crippen molar-refractivity contribution in [3.63, 3.8) is 0 Å². The summed E-state index contributed by atoms with van der Waals surface area (Å²) in [7, 11) is 0. The Hall–Kier alpha value is -1.06. The molecule has 1 aliphatic rings. The first kappa shape index (κ1) is 8.53. The van der Waals surface area contributed by atoms with E-state index in [1.807, 2.05) is 24.3 Å². The van der Waals surface area contributed by atoms with Crippen LogP contribution in [0.5, 0.6) is 0 Å². The Morgan fingerprint density at radius 3 is 2.54 bits per heavy atom. The minimum Gasteiger partial charge on any atom is -0.399 e. The van der Waals surface area contributed by atoms with Gasteiger partial charge in [-0.3, -0.25) is 0 Å². The molecule has 1 unspecified atom stereocenters. The fourth-order valence-electron chi connectivity index (χ4n) is 1.81. The molecule has 1 aromatic rings. The van der Waals surface area contributed by atoms with E-state index in [-0.39, 0.29) is 6.04 Å². The van der Waals surface area contributed by atoms with Gasteiger partial charge in [-0.2, -0.15) is 5.06 Å². The largest absolute Gasteiger partial charge is 0.399 e. The van der Waals surface area contributed by atoms with Crippen molar-refractivity contribution in [1.29, 1.82) is 0 Å². The number of nitrogens with two attached hydrogens (primary N) is 1. The molecule has 1 aromatic carbocycles. The van der Waals surface area contributed by atoms with Gasteiger partial charge in [0.05, 0.1) is 6.04 Å². The van der Waals surface area contributed by atoms with Gasteiger partial charge in [0, 0.05) is 12.2 Å². The molecule has 3 heteroatoms. The lowest BCUT2D eigenvalue weighted by atomic mass is 10.1. The van der Waals surface area contributed by atoms with Crippen molar-refractivity contribution in [2.24, 2.45) is 0 Å². The summed E-state index contributed by atoms with van der Waals surface area (Å²) >= 11 is 0. The van der Waals surface area contributed by atoms with E-state index in [1.165, 1.54) is 5.06 Å². The van der Waals surface area contributed by atoms with Crippen molar-refractivity contribution in [2.75, 3.05) is 12.3 Å². The Labute approximate surface area is 77.7 Å². The molecule has 3 N–H and O–H groups in total. The van der Waals surface area contributed by atoms with Crippen LogP contribution in [0.3, 0.4) is 0 Å². The highest BCUT2D eigenvalue weighted by atomic mass is 16.5. The Morgan fingerprint density at radius 1 is 1.31 bits per heavy atom. The van der Waals surface area contributed by atoms with Crippen LogP contribution in [0.2, 0.25) is 0 Å². The normalized spacial score (nSPS) is 23.6. The molecule has 0 amide bonds. The summed E-state index contributed by atoms with van der Waals surface area (Å²) in [5.74, 6) is 0. The maximum absolute atomic E-state index is 9.51. The molecule has 1 fully saturated rings. The van der Waals surface area contributed by atoms with Gasteiger partial charge in [-0.25, -0.2) is 0 Å². The summed E-state index contributed by atoms with van der Waals surface area (Å²) in [6.07, 6.45) is 2.09. The van der Waals surface area contributed by atoms with E-state index in [0.717, 1.165) is 30.6 Å². The molecule has 0 radical (unpaired) electrons. The van der Waals surface area contributed by atoms with E-state index in [9.17, 15) is 5.21 Å². The van der Waals surface area contributed by atoms with Gasteiger partial charge >= 0.3 is 0 Å². The molecule has 1 atom stereocenters. The summed E-state index contributed by atoms with van der Waals surface area (Å²) < 4.78 is 0. The molecule has 1 heterocycles. The quantitative estimate of drug-likeness (QED) is 0.644. The Morgan fingerprint density at radius 2 is 2.00 bits per heavy atom. The highest BCUT2D eigenvalue weighted by Gasteiger charge is 2.23. The molecule has 1 saturated heterocycles. The molecule has 0 aromatic heterocycles. The van der Waals surface area contributed by atoms with Crippen molar-refractivity contribution < 1.29 is 5.21 Å². The number of anilines is 1. The van der Waals surface area contributed by atoms with Crippen molar-refractivity contribution in [3.05, 3.63) is 29.8 Å². The van der Waals surface area contributed by atoms with Gasteiger partial charge in [0.2, 0.25) is 0 Å². The second-order valence-electron chi connectivity index (χ2n) is 3.49.